The van der Waals surface area contributed by atoms with Gasteiger partial charge < -0.3 is 9.52 Å². The molecule has 78 valence electrons. The molecular weight excluding hydrogens is 188 g/mol. The number of aliphatic hydroxyl groups is 1. The Morgan fingerprint density at radius 3 is 2.40 bits per heavy atom. The minimum Gasteiger partial charge on any atom is -0.472 e. The van der Waals surface area contributed by atoms with E-state index in [1.165, 1.54) is 5.56 Å². The summed E-state index contributed by atoms with van der Waals surface area (Å²) >= 11 is 0. The molecule has 15 heavy (non-hydrogen) atoms. The van der Waals surface area contributed by atoms with Crippen molar-refractivity contribution in [1.82, 2.24) is 0 Å². The summed E-state index contributed by atoms with van der Waals surface area (Å²) in [5, 5.41) is 9.98. The standard InChI is InChI=1S/C13H14O2/c1-2-10-3-5-11(6-4-10)13(14)12-7-8-15-9-12/h3-9,13-14H,2H2,1H3. The molecule has 0 bridgehead atoms. The average Bonchev–Trinajstić information content (AvgIpc) is 2.82. The lowest BCUT2D eigenvalue weighted by molar-refractivity contribution is 0.219. The molecule has 0 radical (unpaired) electrons. The van der Waals surface area contributed by atoms with Crippen LogP contribution in [0.2, 0.25) is 0 Å². The van der Waals surface area contributed by atoms with Gasteiger partial charge in [0, 0.05) is 5.56 Å². The van der Waals surface area contributed by atoms with Gasteiger partial charge in [-0.3, -0.25) is 0 Å². The molecule has 0 fully saturated rings. The maximum absolute atomic E-state index is 9.98. The van der Waals surface area contributed by atoms with Gasteiger partial charge in [-0.25, -0.2) is 0 Å². The van der Waals surface area contributed by atoms with Crippen LogP contribution in [0.4, 0.5) is 0 Å². The van der Waals surface area contributed by atoms with E-state index in [1.807, 2.05) is 24.3 Å². The lowest BCUT2D eigenvalue weighted by Gasteiger charge is -2.08. The lowest BCUT2D eigenvalue weighted by atomic mass is 10.0. The smallest absolute Gasteiger partial charge is 0.107 e. The maximum Gasteiger partial charge on any atom is 0.107 e. The van der Waals surface area contributed by atoms with Gasteiger partial charge >= 0.3 is 0 Å². The SMILES string of the molecule is CCc1ccc(C(O)c2ccoc2)cc1. The van der Waals surface area contributed by atoms with Crippen molar-refractivity contribution in [3.05, 3.63) is 59.5 Å². The summed E-state index contributed by atoms with van der Waals surface area (Å²) in [6, 6.07) is 9.77. The van der Waals surface area contributed by atoms with Crippen LogP contribution < -0.4 is 0 Å². The van der Waals surface area contributed by atoms with E-state index in [1.54, 1.807) is 18.6 Å². The van der Waals surface area contributed by atoms with E-state index >= 15 is 0 Å². The van der Waals surface area contributed by atoms with Crippen LogP contribution >= 0.6 is 0 Å². The number of aryl methyl sites for hydroxylation is 1. The van der Waals surface area contributed by atoms with Crippen molar-refractivity contribution in [3.8, 4) is 0 Å². The minimum atomic E-state index is -0.588. The van der Waals surface area contributed by atoms with E-state index in [4.69, 9.17) is 4.42 Å². The van der Waals surface area contributed by atoms with Gasteiger partial charge in [0.2, 0.25) is 0 Å². The van der Waals surface area contributed by atoms with Gasteiger partial charge in [-0.05, 0) is 23.6 Å². The highest BCUT2D eigenvalue weighted by Crippen LogP contribution is 2.22. The zero-order valence-corrected chi connectivity index (χ0v) is 8.68. The van der Waals surface area contributed by atoms with Crippen molar-refractivity contribution < 1.29 is 9.52 Å². The Bertz CT molecular complexity index is 401. The molecule has 1 heterocycles. The second-order valence-electron chi connectivity index (χ2n) is 3.55. The van der Waals surface area contributed by atoms with Crippen molar-refractivity contribution in [2.75, 3.05) is 0 Å². The molecule has 0 saturated heterocycles. The second kappa shape index (κ2) is 4.32. The molecule has 1 aromatic carbocycles. The summed E-state index contributed by atoms with van der Waals surface area (Å²) in [6.07, 6.45) is 3.56. The van der Waals surface area contributed by atoms with Crippen LogP contribution in [0.5, 0.6) is 0 Å². The van der Waals surface area contributed by atoms with Gasteiger partial charge in [0.05, 0.1) is 12.5 Å². The average molecular weight is 202 g/mol. The largest absolute Gasteiger partial charge is 0.472 e. The Kier molecular flexibility index (Phi) is 2.88. The summed E-state index contributed by atoms with van der Waals surface area (Å²) < 4.78 is 4.94. The van der Waals surface area contributed by atoms with Crippen LogP contribution in [0.3, 0.4) is 0 Å². The van der Waals surface area contributed by atoms with E-state index in [-0.39, 0.29) is 0 Å². The zero-order chi connectivity index (χ0) is 10.7. The normalized spacial score (nSPS) is 12.7. The predicted molar refractivity (Wildman–Crippen MR) is 58.6 cm³/mol. The van der Waals surface area contributed by atoms with Crippen LogP contribution in [-0.4, -0.2) is 5.11 Å². The van der Waals surface area contributed by atoms with E-state index in [0.29, 0.717) is 0 Å². The molecule has 1 unspecified atom stereocenters. The fourth-order valence-electron chi connectivity index (χ4n) is 1.56. The molecule has 0 saturated carbocycles. The summed E-state index contributed by atoms with van der Waals surface area (Å²) in [6.45, 7) is 2.11. The summed E-state index contributed by atoms with van der Waals surface area (Å²) in [5.41, 5.74) is 2.96. The maximum atomic E-state index is 9.98. The third kappa shape index (κ3) is 2.10. The van der Waals surface area contributed by atoms with Crippen molar-refractivity contribution in [3.63, 3.8) is 0 Å². The summed E-state index contributed by atoms with van der Waals surface area (Å²) in [4.78, 5) is 0. The Hall–Kier alpha value is -1.54. The van der Waals surface area contributed by atoms with E-state index in [0.717, 1.165) is 17.5 Å². The minimum absolute atomic E-state index is 0.588. The lowest BCUT2D eigenvalue weighted by Crippen LogP contribution is -1.97. The van der Waals surface area contributed by atoms with Crippen molar-refractivity contribution in [2.45, 2.75) is 19.4 Å². The fraction of sp³-hybridized carbons (Fsp3) is 0.231. The highest BCUT2D eigenvalue weighted by Gasteiger charge is 2.10. The van der Waals surface area contributed by atoms with Crippen LogP contribution in [0.1, 0.15) is 29.7 Å². The molecule has 0 aliphatic heterocycles. The number of rotatable bonds is 3. The first-order chi connectivity index (χ1) is 7.31. The Labute approximate surface area is 89.2 Å². The third-order valence-corrected chi connectivity index (χ3v) is 2.56. The van der Waals surface area contributed by atoms with Crippen molar-refractivity contribution >= 4 is 0 Å². The third-order valence-electron chi connectivity index (χ3n) is 2.56. The first-order valence-electron chi connectivity index (χ1n) is 5.10. The molecule has 1 aromatic heterocycles. The highest BCUT2D eigenvalue weighted by molar-refractivity contribution is 5.30. The van der Waals surface area contributed by atoms with Crippen LogP contribution in [0, 0.1) is 0 Å². The number of furan rings is 1. The van der Waals surface area contributed by atoms with Crippen molar-refractivity contribution in [1.29, 1.82) is 0 Å². The molecule has 2 heteroatoms. The molecule has 0 spiro atoms. The Morgan fingerprint density at radius 1 is 1.13 bits per heavy atom. The van der Waals surface area contributed by atoms with Gasteiger partial charge in [0.25, 0.3) is 0 Å². The van der Waals surface area contributed by atoms with E-state index < -0.39 is 6.10 Å². The van der Waals surface area contributed by atoms with Crippen molar-refractivity contribution in [2.24, 2.45) is 0 Å². The number of benzene rings is 1. The highest BCUT2D eigenvalue weighted by atomic mass is 16.3. The van der Waals surface area contributed by atoms with Gasteiger partial charge in [0.15, 0.2) is 0 Å². The number of hydrogen-bond donors (Lipinski definition) is 1. The zero-order valence-electron chi connectivity index (χ0n) is 8.68. The van der Waals surface area contributed by atoms with E-state index in [9.17, 15) is 5.11 Å². The van der Waals surface area contributed by atoms with Crippen LogP contribution in [0.15, 0.2) is 47.3 Å². The molecule has 0 amide bonds. The number of aliphatic hydroxyl groups excluding tert-OH is 1. The molecular formula is C13H14O2. The van der Waals surface area contributed by atoms with Gasteiger partial charge in [0.1, 0.15) is 6.10 Å². The molecule has 2 rings (SSSR count). The van der Waals surface area contributed by atoms with E-state index in [2.05, 4.69) is 6.92 Å². The monoisotopic (exact) mass is 202 g/mol. The Morgan fingerprint density at radius 2 is 1.87 bits per heavy atom. The summed E-state index contributed by atoms with van der Waals surface area (Å²) in [7, 11) is 0. The molecule has 1 atom stereocenters. The second-order valence-corrected chi connectivity index (χ2v) is 3.55. The van der Waals surface area contributed by atoms with Gasteiger partial charge in [-0.15, -0.1) is 0 Å². The molecule has 2 nitrogen and oxygen atoms in total. The van der Waals surface area contributed by atoms with Gasteiger partial charge in [-0.1, -0.05) is 31.2 Å². The molecule has 2 aromatic rings. The fourth-order valence-corrected chi connectivity index (χ4v) is 1.56. The number of hydrogen-bond acceptors (Lipinski definition) is 2. The first-order valence-corrected chi connectivity index (χ1v) is 5.10. The Balaban J connectivity index is 2.22. The predicted octanol–water partition coefficient (Wildman–Crippen LogP) is 2.92. The molecule has 0 aliphatic rings. The molecule has 1 N–H and O–H groups in total. The van der Waals surface area contributed by atoms with Gasteiger partial charge in [-0.2, -0.15) is 0 Å². The topological polar surface area (TPSA) is 33.4 Å². The van der Waals surface area contributed by atoms with Crippen LogP contribution in [0.25, 0.3) is 0 Å². The molecule has 0 aliphatic carbocycles. The van der Waals surface area contributed by atoms with Crippen LogP contribution in [-0.2, 0) is 6.42 Å². The first kappa shape index (κ1) is 9.99. The summed E-state index contributed by atoms with van der Waals surface area (Å²) in [5.74, 6) is 0. The quantitative estimate of drug-likeness (QED) is 0.830.